The third-order valence-corrected chi connectivity index (χ3v) is 11.7. The Balaban J connectivity index is 1.58. The average molecular weight is 445 g/mol. The molecule has 0 saturated heterocycles. The van der Waals surface area contributed by atoms with Crippen LogP contribution >= 0.6 is 0 Å². The largest absolute Gasteiger partial charge is 0.481 e. The quantitative estimate of drug-likeness (QED) is 0.355. The second-order valence-corrected chi connectivity index (χ2v) is 12.7. The molecule has 5 aliphatic rings. The first-order chi connectivity index (χ1) is 14.8. The van der Waals surface area contributed by atoms with Gasteiger partial charge in [0.1, 0.15) is 6.10 Å². The molecule has 178 valence electrons. The van der Waals surface area contributed by atoms with Gasteiger partial charge in [0.25, 0.3) is 0 Å². The Labute approximate surface area is 191 Å². The number of carboxylic acid groups (broad SMARTS) is 1. The minimum absolute atomic E-state index is 0.00356. The van der Waals surface area contributed by atoms with Crippen molar-refractivity contribution in [2.75, 3.05) is 0 Å². The number of carbonyl (C=O) groups is 1. The van der Waals surface area contributed by atoms with E-state index in [4.69, 9.17) is 0 Å². The molecule has 0 heterocycles. The van der Waals surface area contributed by atoms with Crippen molar-refractivity contribution < 1.29 is 25.2 Å². The molecule has 5 rings (SSSR count). The third-order valence-electron chi connectivity index (χ3n) is 11.7. The highest BCUT2D eigenvalue weighted by molar-refractivity contribution is 5.77. The molecule has 0 aromatic heterocycles. The zero-order valence-electron chi connectivity index (χ0n) is 19.9. The first kappa shape index (κ1) is 22.6. The van der Waals surface area contributed by atoms with Crippen LogP contribution in [-0.4, -0.2) is 38.3 Å². The van der Waals surface area contributed by atoms with Crippen LogP contribution in [0.3, 0.4) is 0 Å². The molecule has 0 aliphatic heterocycles. The molecule has 5 heteroatoms. The van der Waals surface area contributed by atoms with E-state index in [0.717, 1.165) is 44.9 Å². The van der Waals surface area contributed by atoms with E-state index >= 15 is 0 Å². The Morgan fingerprint density at radius 1 is 1.09 bits per heavy atom. The summed E-state index contributed by atoms with van der Waals surface area (Å²) in [6.45, 7) is 11.3. The summed E-state index contributed by atoms with van der Waals surface area (Å²) in [6.07, 6.45) is 8.57. The van der Waals surface area contributed by atoms with Crippen LogP contribution in [-0.2, 0) is 4.79 Å². The van der Waals surface area contributed by atoms with Gasteiger partial charge in [0.15, 0.2) is 5.79 Å². The lowest BCUT2D eigenvalue weighted by molar-refractivity contribution is -0.289. The molecule has 0 radical (unpaired) electrons. The third kappa shape index (κ3) is 2.65. The van der Waals surface area contributed by atoms with E-state index in [1.54, 1.807) is 0 Å². The zero-order chi connectivity index (χ0) is 23.3. The SMILES string of the molecule is C=C1CC[C@]2(C(=O)O)CC[C@]3(C)C(=CCC4[C@@]5(C)C[C@@H](O)C(O)(O)CC5CC[C@]43C)C2C1. The Morgan fingerprint density at radius 3 is 2.50 bits per heavy atom. The second kappa shape index (κ2) is 6.70. The lowest BCUT2D eigenvalue weighted by Gasteiger charge is -2.69. The van der Waals surface area contributed by atoms with Crippen molar-refractivity contribution in [1.82, 2.24) is 0 Å². The molecule has 0 aromatic carbocycles. The smallest absolute Gasteiger partial charge is 0.310 e. The van der Waals surface area contributed by atoms with Crippen LogP contribution < -0.4 is 0 Å². The van der Waals surface area contributed by atoms with Gasteiger partial charge in [-0.25, -0.2) is 0 Å². The van der Waals surface area contributed by atoms with E-state index in [2.05, 4.69) is 33.4 Å². The van der Waals surface area contributed by atoms with Gasteiger partial charge in [0, 0.05) is 12.3 Å². The van der Waals surface area contributed by atoms with Gasteiger partial charge in [-0.05, 0) is 85.9 Å². The lowest BCUT2D eigenvalue weighted by atomic mass is 9.35. The van der Waals surface area contributed by atoms with Crippen molar-refractivity contribution in [2.24, 2.45) is 39.4 Å². The summed E-state index contributed by atoms with van der Waals surface area (Å²) in [6, 6.07) is 0. The summed E-state index contributed by atoms with van der Waals surface area (Å²) >= 11 is 0. The number of allylic oxidation sites excluding steroid dienone is 3. The minimum Gasteiger partial charge on any atom is -0.481 e. The van der Waals surface area contributed by atoms with Crippen LogP contribution in [0.15, 0.2) is 23.8 Å². The molecular formula is C27H40O5. The maximum atomic E-state index is 12.6. The van der Waals surface area contributed by atoms with Crippen molar-refractivity contribution in [2.45, 2.75) is 96.9 Å². The first-order valence-corrected chi connectivity index (χ1v) is 12.5. The van der Waals surface area contributed by atoms with Crippen LogP contribution in [0.2, 0.25) is 0 Å². The fourth-order valence-electron chi connectivity index (χ4n) is 9.36. The van der Waals surface area contributed by atoms with Crippen molar-refractivity contribution in [3.63, 3.8) is 0 Å². The van der Waals surface area contributed by atoms with Crippen molar-refractivity contribution in [3.05, 3.63) is 23.8 Å². The lowest BCUT2D eigenvalue weighted by Crippen LogP contribution is -2.65. The standard InChI is InChI=1S/C27H40O5/c1-16-7-10-26(22(29)30)12-11-24(3)18(19(26)13-16)5-6-20-23(2)15-21(28)27(31,32)14-17(23)8-9-25(20,24)4/h5,17,19-21,28,31-32H,1,6-15H2,2-4H3,(H,29,30)/t17?,19?,20?,21-,23+,24-,25-,26+/m1/s1. The molecule has 4 N–H and O–H groups in total. The number of aliphatic hydroxyl groups excluding tert-OH is 1. The van der Waals surface area contributed by atoms with Crippen LogP contribution in [0.25, 0.3) is 0 Å². The maximum Gasteiger partial charge on any atom is 0.310 e. The number of hydrogen-bond acceptors (Lipinski definition) is 4. The van der Waals surface area contributed by atoms with Crippen molar-refractivity contribution >= 4 is 5.97 Å². The van der Waals surface area contributed by atoms with Gasteiger partial charge in [-0.3, -0.25) is 4.79 Å². The fraction of sp³-hybridized carbons (Fsp3) is 0.815. The molecule has 0 spiro atoms. The van der Waals surface area contributed by atoms with E-state index in [-0.39, 0.29) is 34.5 Å². The Kier molecular flexibility index (Phi) is 4.74. The summed E-state index contributed by atoms with van der Waals surface area (Å²) in [4.78, 5) is 12.6. The van der Waals surface area contributed by atoms with Gasteiger partial charge in [-0.15, -0.1) is 0 Å². The fourth-order valence-corrected chi connectivity index (χ4v) is 9.36. The van der Waals surface area contributed by atoms with Crippen LogP contribution in [0.5, 0.6) is 0 Å². The van der Waals surface area contributed by atoms with E-state index in [0.29, 0.717) is 18.8 Å². The Bertz CT molecular complexity index is 890. The van der Waals surface area contributed by atoms with Crippen LogP contribution in [0, 0.1) is 39.4 Å². The molecule has 0 aromatic rings. The molecule has 5 aliphatic carbocycles. The van der Waals surface area contributed by atoms with E-state index in [9.17, 15) is 25.2 Å². The summed E-state index contributed by atoms with van der Waals surface area (Å²) < 4.78 is 0. The Morgan fingerprint density at radius 2 is 1.81 bits per heavy atom. The molecule has 8 atom stereocenters. The molecule has 0 amide bonds. The summed E-state index contributed by atoms with van der Waals surface area (Å²) in [7, 11) is 0. The van der Waals surface area contributed by atoms with Gasteiger partial charge < -0.3 is 20.4 Å². The summed E-state index contributed by atoms with van der Waals surface area (Å²) in [5, 5.41) is 41.6. The van der Waals surface area contributed by atoms with Gasteiger partial charge in [-0.1, -0.05) is 44.6 Å². The maximum absolute atomic E-state index is 12.6. The van der Waals surface area contributed by atoms with Gasteiger partial charge in [0.2, 0.25) is 0 Å². The normalized spacial score (nSPS) is 52.1. The van der Waals surface area contributed by atoms with E-state index in [1.807, 2.05) is 0 Å². The number of aliphatic hydroxyl groups is 3. The van der Waals surface area contributed by atoms with Crippen LogP contribution in [0.1, 0.15) is 85.0 Å². The predicted octanol–water partition coefficient (Wildman–Crippen LogP) is 4.42. The van der Waals surface area contributed by atoms with Crippen molar-refractivity contribution in [3.8, 4) is 0 Å². The molecule has 4 saturated carbocycles. The molecule has 4 fully saturated rings. The Hall–Kier alpha value is -1.17. The molecule has 32 heavy (non-hydrogen) atoms. The zero-order valence-corrected chi connectivity index (χ0v) is 19.9. The number of fused-ring (bicyclic) bond motifs is 7. The summed E-state index contributed by atoms with van der Waals surface area (Å²) in [5.74, 6) is -2.10. The van der Waals surface area contributed by atoms with E-state index in [1.165, 1.54) is 11.1 Å². The molecule has 3 unspecified atom stereocenters. The van der Waals surface area contributed by atoms with Crippen LogP contribution in [0.4, 0.5) is 0 Å². The van der Waals surface area contributed by atoms with E-state index < -0.39 is 23.3 Å². The van der Waals surface area contributed by atoms with Crippen molar-refractivity contribution in [1.29, 1.82) is 0 Å². The van der Waals surface area contributed by atoms with Gasteiger partial charge >= 0.3 is 5.97 Å². The molecule has 0 bridgehead atoms. The molecule has 5 nitrogen and oxygen atoms in total. The topological polar surface area (TPSA) is 98.0 Å². The minimum atomic E-state index is -1.99. The highest BCUT2D eigenvalue weighted by atomic mass is 16.5. The monoisotopic (exact) mass is 444 g/mol. The first-order valence-electron chi connectivity index (χ1n) is 12.5. The second-order valence-electron chi connectivity index (χ2n) is 12.7. The van der Waals surface area contributed by atoms with Gasteiger partial charge in [0.05, 0.1) is 5.41 Å². The number of rotatable bonds is 1. The number of aliphatic carboxylic acids is 1. The highest BCUT2D eigenvalue weighted by Crippen LogP contribution is 2.74. The average Bonchev–Trinajstić information content (AvgIpc) is 2.70. The van der Waals surface area contributed by atoms with Gasteiger partial charge in [-0.2, -0.15) is 0 Å². The number of hydrogen-bond donors (Lipinski definition) is 4. The highest BCUT2D eigenvalue weighted by Gasteiger charge is 2.68. The number of carboxylic acids is 1. The summed E-state index contributed by atoms with van der Waals surface area (Å²) in [5.41, 5.74) is 1.62. The molecular weight excluding hydrogens is 404 g/mol. The predicted molar refractivity (Wildman–Crippen MR) is 121 cm³/mol.